The maximum atomic E-state index is 7.00. The molecule has 0 aliphatic rings. The molecule has 3 heteroatoms. The van der Waals surface area contributed by atoms with Gasteiger partial charge in [-0.3, -0.25) is 0 Å². The van der Waals surface area contributed by atoms with E-state index in [0.717, 1.165) is 14.2 Å². The molecule has 2 N–H and O–H groups in total. The van der Waals surface area contributed by atoms with Gasteiger partial charge in [-0.15, -0.1) is 0 Å². The van der Waals surface area contributed by atoms with Gasteiger partial charge in [-0.2, -0.15) is 0 Å². The first-order valence-corrected chi connectivity index (χ1v) is 6.89. The Balaban J connectivity index is -0.0000000287. The van der Waals surface area contributed by atoms with Gasteiger partial charge in [0.15, 0.2) is 0 Å². The van der Waals surface area contributed by atoms with Crippen molar-refractivity contribution >= 4 is 0 Å². The van der Waals surface area contributed by atoms with Gasteiger partial charge >= 0.3 is 0 Å². The number of aliphatic hydroxyl groups excluding tert-OH is 2. The molecule has 0 fully saturated rings. The summed E-state index contributed by atoms with van der Waals surface area (Å²) in [5.41, 5.74) is 0. The summed E-state index contributed by atoms with van der Waals surface area (Å²) in [5, 5.41) is 14.0. The van der Waals surface area contributed by atoms with Crippen molar-refractivity contribution < 1.29 is 42.9 Å². The number of hydrogen-bond donors (Lipinski definition) is 2. The molecule has 0 aromatic heterocycles. The molecule has 2 aromatic carbocycles. The normalized spacial score (nSPS) is 5.22. The maximum Gasteiger partial charge on any atom is 0.0319 e. The second kappa shape index (κ2) is 68.4. The minimum absolute atomic E-state index is 0. The number of aliphatic hydroxyl groups is 2. The van der Waals surface area contributed by atoms with Crippen molar-refractivity contribution in [1.82, 2.24) is 0 Å². The topological polar surface area (TPSA) is 40.5 Å². The average molecular weight is 399 g/mol. The van der Waals surface area contributed by atoms with Crippen molar-refractivity contribution in [3.8, 4) is 0 Å². The van der Waals surface area contributed by atoms with Crippen molar-refractivity contribution in [2.45, 2.75) is 27.7 Å². The first-order valence-electron chi connectivity index (χ1n) is 6.89. The molecule has 2 aromatic rings. The fourth-order valence-electron chi connectivity index (χ4n) is 0.770. The fourth-order valence-corrected chi connectivity index (χ4v) is 0.770. The Morgan fingerprint density at radius 1 is 0.348 bits per heavy atom. The predicted octanol–water partition coefficient (Wildman–Crippen LogP) is 5.54. The third kappa shape index (κ3) is 61.9. The Kier molecular flexibility index (Phi) is 129. The van der Waals surface area contributed by atoms with Gasteiger partial charge in [0.25, 0.3) is 0 Å². The van der Waals surface area contributed by atoms with E-state index in [4.69, 9.17) is 10.2 Å². The van der Waals surface area contributed by atoms with Gasteiger partial charge in [-0.1, -0.05) is 100 Å². The molecule has 0 aliphatic heterocycles. The molecular formula is C20H38O2Y-2. The van der Waals surface area contributed by atoms with E-state index in [1.165, 1.54) is 0 Å². The van der Waals surface area contributed by atoms with Crippen molar-refractivity contribution in [2.24, 2.45) is 0 Å². The van der Waals surface area contributed by atoms with Crippen molar-refractivity contribution in [3.63, 3.8) is 0 Å². The third-order valence-corrected chi connectivity index (χ3v) is 1.33. The first kappa shape index (κ1) is 43.3. The average Bonchev–Trinajstić information content (AvgIpc) is 2.65. The quantitative estimate of drug-likeness (QED) is 0.571. The molecule has 0 spiro atoms. The number of benzene rings is 2. The Hall–Kier alpha value is -0.536. The zero-order chi connectivity index (χ0) is 16.5. The van der Waals surface area contributed by atoms with E-state index >= 15 is 0 Å². The molecule has 135 valence electrons. The summed E-state index contributed by atoms with van der Waals surface area (Å²) in [4.78, 5) is 0. The Labute approximate surface area is 171 Å². The van der Waals surface area contributed by atoms with Crippen LogP contribution in [0, 0.1) is 14.9 Å². The van der Waals surface area contributed by atoms with Gasteiger partial charge in [-0.05, 0) is 0 Å². The van der Waals surface area contributed by atoms with E-state index in [9.17, 15) is 0 Å². The van der Waals surface area contributed by atoms with Crippen LogP contribution in [0.4, 0.5) is 0 Å². The van der Waals surface area contributed by atoms with Crippen LogP contribution < -0.4 is 0 Å². The number of rotatable bonds is 0. The first-order chi connectivity index (χ1) is 10.0. The van der Waals surface area contributed by atoms with E-state index in [1.54, 1.807) is 0 Å². The van der Waals surface area contributed by atoms with Crippen LogP contribution in [-0.2, 0) is 32.7 Å². The molecule has 23 heavy (non-hydrogen) atoms. The van der Waals surface area contributed by atoms with Gasteiger partial charge in [0.05, 0.1) is 0 Å². The smallest absolute Gasteiger partial charge is 0.0319 e. The molecular weight excluding hydrogens is 361 g/mol. The minimum atomic E-state index is 0. The maximum absolute atomic E-state index is 7.00. The van der Waals surface area contributed by atoms with Gasteiger partial charge in [0, 0.05) is 46.9 Å². The summed E-state index contributed by atoms with van der Waals surface area (Å²) >= 11 is 0. The molecule has 0 saturated heterocycles. The minimum Gasteiger partial charge on any atom is -0.400 e. The molecule has 1 radical (unpaired) electrons. The molecule has 0 saturated carbocycles. The molecule has 0 bridgehead atoms. The SMILES string of the molecule is CC.CC.CO.CO.[CH3-].[CH3-].[Y].c1ccccc1.c1ccccc1. The zero-order valence-corrected chi connectivity index (χ0v) is 19.2. The molecule has 0 heterocycles. The summed E-state index contributed by atoms with van der Waals surface area (Å²) in [6.45, 7) is 8.00. The van der Waals surface area contributed by atoms with E-state index in [-0.39, 0.29) is 47.6 Å². The van der Waals surface area contributed by atoms with Crippen LogP contribution in [-0.4, -0.2) is 24.4 Å². The van der Waals surface area contributed by atoms with Gasteiger partial charge in [0.1, 0.15) is 0 Å². The van der Waals surface area contributed by atoms with Gasteiger partial charge in [-0.25, -0.2) is 0 Å². The molecule has 0 unspecified atom stereocenters. The monoisotopic (exact) mass is 399 g/mol. The number of hydrogen-bond acceptors (Lipinski definition) is 2. The van der Waals surface area contributed by atoms with Crippen LogP contribution in [0.25, 0.3) is 0 Å². The van der Waals surface area contributed by atoms with E-state index < -0.39 is 0 Å². The summed E-state index contributed by atoms with van der Waals surface area (Å²) in [5.74, 6) is 0. The van der Waals surface area contributed by atoms with Crippen LogP contribution >= 0.6 is 0 Å². The van der Waals surface area contributed by atoms with Crippen LogP contribution in [0.3, 0.4) is 0 Å². The second-order valence-electron chi connectivity index (χ2n) is 2.31. The summed E-state index contributed by atoms with van der Waals surface area (Å²) in [6, 6.07) is 24.0. The molecule has 0 amide bonds. The zero-order valence-electron chi connectivity index (χ0n) is 16.4. The Bertz CT molecular complexity index is 191. The second-order valence-corrected chi connectivity index (χ2v) is 2.31. The van der Waals surface area contributed by atoms with Gasteiger partial charge < -0.3 is 25.1 Å². The van der Waals surface area contributed by atoms with Crippen LogP contribution in [0.2, 0.25) is 0 Å². The van der Waals surface area contributed by atoms with Crippen molar-refractivity contribution in [2.75, 3.05) is 14.2 Å². The standard InChI is InChI=1S/2C6H6.2C2H6.2CH4O.2CH3.Y/c2*1-2-4-6-5-3-1;4*1-2;;;/h2*1-6H;2*1-2H3;2*2H,1H3;2*1H3;/q;;;;;;2*-1;. The van der Waals surface area contributed by atoms with E-state index in [2.05, 4.69) is 0 Å². The fraction of sp³-hybridized carbons (Fsp3) is 0.300. The summed E-state index contributed by atoms with van der Waals surface area (Å²) < 4.78 is 0. The Morgan fingerprint density at radius 3 is 0.435 bits per heavy atom. The van der Waals surface area contributed by atoms with Crippen molar-refractivity contribution in [1.29, 1.82) is 0 Å². The molecule has 2 nitrogen and oxygen atoms in total. The van der Waals surface area contributed by atoms with E-state index in [0.29, 0.717) is 0 Å². The van der Waals surface area contributed by atoms with Crippen LogP contribution in [0.1, 0.15) is 27.7 Å². The largest absolute Gasteiger partial charge is 0.400 e. The van der Waals surface area contributed by atoms with Crippen molar-refractivity contribution in [3.05, 3.63) is 87.6 Å². The summed E-state index contributed by atoms with van der Waals surface area (Å²) in [7, 11) is 2.00. The van der Waals surface area contributed by atoms with Gasteiger partial charge in [0.2, 0.25) is 0 Å². The summed E-state index contributed by atoms with van der Waals surface area (Å²) in [6.07, 6.45) is 0. The van der Waals surface area contributed by atoms with E-state index in [1.807, 2.05) is 100 Å². The molecule has 0 aliphatic carbocycles. The Morgan fingerprint density at radius 2 is 0.391 bits per heavy atom. The van der Waals surface area contributed by atoms with Crippen LogP contribution in [0.15, 0.2) is 72.8 Å². The molecule has 0 atom stereocenters. The molecule has 2 rings (SSSR count). The predicted molar refractivity (Wildman–Crippen MR) is 105 cm³/mol. The van der Waals surface area contributed by atoms with Crippen LogP contribution in [0.5, 0.6) is 0 Å². The third-order valence-electron chi connectivity index (χ3n) is 1.33.